The molecule has 35 heavy (non-hydrogen) atoms. The molecule has 1 N–H and O–H groups in total. The van der Waals surface area contributed by atoms with E-state index >= 15 is 0 Å². The van der Waals surface area contributed by atoms with Gasteiger partial charge in [0.05, 0.1) is 5.56 Å². The average Bonchev–Trinajstić information content (AvgIpc) is 2.99. The molecule has 1 aliphatic heterocycles. The van der Waals surface area contributed by atoms with E-state index in [0.29, 0.717) is 6.42 Å². The number of sulfonamides is 1. The zero-order chi connectivity index (χ0) is 25.8. The van der Waals surface area contributed by atoms with Crippen LogP contribution in [0, 0.1) is 6.92 Å². The van der Waals surface area contributed by atoms with Crippen LogP contribution in [0.15, 0.2) is 53.4 Å². The summed E-state index contributed by atoms with van der Waals surface area (Å²) in [7, 11) is -3.92. The monoisotopic (exact) mass is 499 g/mol. The summed E-state index contributed by atoms with van der Waals surface area (Å²) in [6, 6.07) is 13.1. The summed E-state index contributed by atoms with van der Waals surface area (Å²) in [6.45, 7) is 7.70. The van der Waals surface area contributed by atoms with Crippen molar-refractivity contribution in [3.63, 3.8) is 0 Å². The van der Waals surface area contributed by atoms with E-state index in [-0.39, 0.29) is 54.2 Å². The predicted molar refractivity (Wildman–Crippen MR) is 133 cm³/mol. The molecule has 9 heteroatoms. The molecule has 3 rings (SSSR count). The Morgan fingerprint density at radius 2 is 1.80 bits per heavy atom. The van der Waals surface area contributed by atoms with E-state index in [1.165, 1.54) is 12.1 Å². The molecule has 1 atom stereocenters. The highest BCUT2D eigenvalue weighted by atomic mass is 32.2. The number of benzene rings is 2. The second-order valence-corrected chi connectivity index (χ2v) is 10.9. The Hall–Kier alpha value is -3.20. The van der Waals surface area contributed by atoms with Crippen molar-refractivity contribution in [2.75, 3.05) is 6.54 Å². The number of fused-ring (bicyclic) bond motifs is 1. The van der Waals surface area contributed by atoms with Gasteiger partial charge in [-0.2, -0.15) is 0 Å². The minimum absolute atomic E-state index is 0.00574. The van der Waals surface area contributed by atoms with Crippen molar-refractivity contribution in [1.82, 2.24) is 14.5 Å². The van der Waals surface area contributed by atoms with Crippen molar-refractivity contribution < 1.29 is 22.8 Å². The fraction of sp³-hybridized carbons (Fsp3) is 0.423. The van der Waals surface area contributed by atoms with Crippen molar-refractivity contribution in [3.05, 3.63) is 65.2 Å². The third-order valence-electron chi connectivity index (χ3n) is 5.92. The lowest BCUT2D eigenvalue weighted by Crippen LogP contribution is -2.50. The average molecular weight is 500 g/mol. The van der Waals surface area contributed by atoms with E-state index in [0.717, 1.165) is 15.4 Å². The van der Waals surface area contributed by atoms with Crippen LogP contribution < -0.4 is 5.32 Å². The van der Waals surface area contributed by atoms with Crippen LogP contribution in [0.1, 0.15) is 61.5 Å². The summed E-state index contributed by atoms with van der Waals surface area (Å²) in [5, 5.41) is 2.89. The molecule has 2 aromatic carbocycles. The number of rotatable bonds is 10. The van der Waals surface area contributed by atoms with Gasteiger partial charge >= 0.3 is 0 Å². The highest BCUT2D eigenvalue weighted by Gasteiger charge is 2.40. The van der Waals surface area contributed by atoms with Crippen LogP contribution >= 0.6 is 0 Å². The first-order valence-corrected chi connectivity index (χ1v) is 13.3. The topological polar surface area (TPSA) is 104 Å². The SMILES string of the molecule is CC[C@@H](C(=O)NC(C)C)N(Cc1cccc(C)c1)C(=O)CCCN1C(=O)c2ccccc2S1(=O)=O. The van der Waals surface area contributed by atoms with Gasteiger partial charge in [0.15, 0.2) is 0 Å². The molecule has 0 unspecified atom stereocenters. The predicted octanol–water partition coefficient (Wildman–Crippen LogP) is 3.25. The molecular formula is C26H33N3O5S. The van der Waals surface area contributed by atoms with Crippen LogP contribution in [0.5, 0.6) is 0 Å². The number of amides is 3. The Balaban J connectivity index is 1.75. The summed E-state index contributed by atoms with van der Waals surface area (Å²) in [4.78, 5) is 40.4. The molecule has 2 aromatic rings. The normalized spacial score (nSPS) is 15.1. The Kier molecular flexibility index (Phi) is 8.32. The van der Waals surface area contributed by atoms with Crippen LogP contribution in [-0.2, 0) is 26.2 Å². The van der Waals surface area contributed by atoms with E-state index in [2.05, 4.69) is 5.32 Å². The van der Waals surface area contributed by atoms with Gasteiger partial charge in [-0.15, -0.1) is 0 Å². The quantitative estimate of drug-likeness (QED) is 0.540. The fourth-order valence-corrected chi connectivity index (χ4v) is 5.88. The highest BCUT2D eigenvalue weighted by Crippen LogP contribution is 2.30. The van der Waals surface area contributed by atoms with Crippen molar-refractivity contribution in [1.29, 1.82) is 0 Å². The van der Waals surface area contributed by atoms with Crippen LogP contribution in [0.2, 0.25) is 0 Å². The van der Waals surface area contributed by atoms with Crippen LogP contribution in [0.4, 0.5) is 0 Å². The van der Waals surface area contributed by atoms with E-state index in [1.807, 2.05) is 52.0 Å². The maximum absolute atomic E-state index is 13.4. The van der Waals surface area contributed by atoms with E-state index in [4.69, 9.17) is 0 Å². The van der Waals surface area contributed by atoms with Crippen molar-refractivity contribution in [2.45, 2.75) is 70.5 Å². The fourth-order valence-electron chi connectivity index (χ4n) is 4.28. The van der Waals surface area contributed by atoms with Gasteiger partial charge in [-0.3, -0.25) is 14.4 Å². The molecule has 0 spiro atoms. The van der Waals surface area contributed by atoms with Crippen molar-refractivity contribution in [3.8, 4) is 0 Å². The lowest BCUT2D eigenvalue weighted by Gasteiger charge is -2.31. The lowest BCUT2D eigenvalue weighted by molar-refractivity contribution is -0.141. The molecule has 0 saturated carbocycles. The second kappa shape index (κ2) is 11.0. The van der Waals surface area contributed by atoms with E-state index in [1.54, 1.807) is 17.0 Å². The van der Waals surface area contributed by atoms with Crippen molar-refractivity contribution in [2.24, 2.45) is 0 Å². The van der Waals surface area contributed by atoms with Crippen molar-refractivity contribution >= 4 is 27.7 Å². The Morgan fingerprint density at radius 1 is 1.09 bits per heavy atom. The summed E-state index contributed by atoms with van der Waals surface area (Å²) in [6.07, 6.45) is 0.599. The van der Waals surface area contributed by atoms with Crippen LogP contribution in [-0.4, -0.2) is 54.0 Å². The molecule has 0 aliphatic carbocycles. The van der Waals surface area contributed by atoms with Gasteiger partial charge in [-0.05, 0) is 51.3 Å². The number of carbonyl (C=O) groups is 3. The van der Waals surface area contributed by atoms with Gasteiger partial charge in [-0.25, -0.2) is 12.7 Å². The van der Waals surface area contributed by atoms with Gasteiger partial charge in [0, 0.05) is 25.6 Å². The maximum Gasteiger partial charge on any atom is 0.269 e. The first kappa shape index (κ1) is 26.4. The number of nitrogens with one attached hydrogen (secondary N) is 1. The number of hydrogen-bond donors (Lipinski definition) is 1. The number of hydrogen-bond acceptors (Lipinski definition) is 5. The minimum atomic E-state index is -3.92. The van der Waals surface area contributed by atoms with Gasteiger partial charge in [0.25, 0.3) is 15.9 Å². The zero-order valence-corrected chi connectivity index (χ0v) is 21.5. The molecular weight excluding hydrogens is 466 g/mol. The van der Waals surface area contributed by atoms with Gasteiger partial charge < -0.3 is 10.2 Å². The molecule has 3 amide bonds. The molecule has 0 radical (unpaired) electrons. The Bertz CT molecular complexity index is 1210. The van der Waals surface area contributed by atoms with Gasteiger partial charge in [-0.1, -0.05) is 48.9 Å². The van der Waals surface area contributed by atoms with Crippen LogP contribution in [0.3, 0.4) is 0 Å². The summed E-state index contributed by atoms with van der Waals surface area (Å²) in [5.41, 5.74) is 2.10. The third kappa shape index (κ3) is 5.90. The second-order valence-electron chi connectivity index (χ2n) is 9.08. The Labute approximate surface area is 207 Å². The van der Waals surface area contributed by atoms with Gasteiger partial charge in [0.1, 0.15) is 10.9 Å². The molecule has 0 bridgehead atoms. The van der Waals surface area contributed by atoms with E-state index in [9.17, 15) is 22.8 Å². The molecule has 0 aromatic heterocycles. The Morgan fingerprint density at radius 3 is 2.43 bits per heavy atom. The first-order chi connectivity index (χ1) is 16.6. The minimum Gasteiger partial charge on any atom is -0.352 e. The maximum atomic E-state index is 13.4. The zero-order valence-electron chi connectivity index (χ0n) is 20.7. The van der Waals surface area contributed by atoms with Crippen LogP contribution in [0.25, 0.3) is 0 Å². The highest BCUT2D eigenvalue weighted by molar-refractivity contribution is 7.90. The standard InChI is InChI=1S/C26H33N3O5S/c1-5-22(25(31)27-18(2)3)28(17-20-11-8-10-19(4)16-20)24(30)14-9-15-29-26(32)21-12-6-7-13-23(21)35(29,33)34/h6-8,10-13,16,18,22H,5,9,14-15,17H2,1-4H3,(H,27,31)/t22-/m0/s1. The smallest absolute Gasteiger partial charge is 0.269 e. The molecule has 0 saturated heterocycles. The molecule has 0 fully saturated rings. The third-order valence-corrected chi connectivity index (χ3v) is 7.76. The van der Waals surface area contributed by atoms with E-state index < -0.39 is 22.0 Å². The summed E-state index contributed by atoms with van der Waals surface area (Å²) in [5.74, 6) is -1.07. The first-order valence-electron chi connectivity index (χ1n) is 11.9. The molecule has 1 heterocycles. The molecule has 188 valence electrons. The molecule has 1 aliphatic rings. The number of nitrogens with zero attached hydrogens (tertiary/aromatic N) is 2. The number of aryl methyl sites for hydroxylation is 1. The lowest BCUT2D eigenvalue weighted by atomic mass is 10.1. The summed E-state index contributed by atoms with van der Waals surface area (Å²) < 4.78 is 26.4. The summed E-state index contributed by atoms with van der Waals surface area (Å²) >= 11 is 0. The van der Waals surface area contributed by atoms with Gasteiger partial charge in [0.2, 0.25) is 11.8 Å². The molecule has 8 nitrogen and oxygen atoms in total. The number of carbonyl (C=O) groups excluding carboxylic acids is 3. The largest absolute Gasteiger partial charge is 0.352 e.